The number of benzene rings is 1. The van der Waals surface area contributed by atoms with Gasteiger partial charge in [0.1, 0.15) is 5.69 Å². The van der Waals surface area contributed by atoms with Crippen molar-refractivity contribution in [2.75, 3.05) is 11.6 Å². The zero-order valence-corrected chi connectivity index (χ0v) is 13.4. The summed E-state index contributed by atoms with van der Waals surface area (Å²) < 4.78 is 11.3. The molecule has 0 aliphatic heterocycles. The second-order valence-corrected chi connectivity index (χ2v) is 6.62. The number of halogens is 2. The minimum atomic E-state index is -1.01. The van der Waals surface area contributed by atoms with Crippen LogP contribution >= 0.6 is 23.2 Å². The fourth-order valence-corrected chi connectivity index (χ4v) is 2.81. The average molecular weight is 343 g/mol. The van der Waals surface area contributed by atoms with Crippen molar-refractivity contribution in [1.82, 2.24) is 4.98 Å². The second kappa shape index (κ2) is 7.02. The molecular formula is C14H12Cl2N2O2S. The molecule has 0 aliphatic rings. The molecule has 0 spiro atoms. The first kappa shape index (κ1) is 15.9. The number of pyridine rings is 1. The summed E-state index contributed by atoms with van der Waals surface area (Å²) in [5.41, 5.74) is 1.50. The Balaban J connectivity index is 2.19. The lowest BCUT2D eigenvalue weighted by Gasteiger charge is -2.08. The summed E-state index contributed by atoms with van der Waals surface area (Å²) in [5.74, 6) is -0.0405. The van der Waals surface area contributed by atoms with Gasteiger partial charge in [0, 0.05) is 44.7 Å². The van der Waals surface area contributed by atoms with Gasteiger partial charge in [-0.15, -0.1) is 0 Å². The standard InChI is InChI=1S/C14H12Cl2N2O2S/c1-21(20)8-9-6-11(2-3-12(9)16)18-14(19)13-7-10(15)4-5-17-13/h2-7H,8H2,1H3,(H,18,19)/t21-/m1/s1. The quantitative estimate of drug-likeness (QED) is 0.924. The fourth-order valence-electron chi connectivity index (χ4n) is 1.71. The Morgan fingerprint density at radius 3 is 2.71 bits per heavy atom. The van der Waals surface area contributed by atoms with E-state index in [9.17, 15) is 9.00 Å². The molecule has 1 heterocycles. The van der Waals surface area contributed by atoms with Gasteiger partial charge in [-0.05, 0) is 35.9 Å². The van der Waals surface area contributed by atoms with Crippen LogP contribution in [0.2, 0.25) is 10.0 Å². The highest BCUT2D eigenvalue weighted by atomic mass is 35.5. The zero-order valence-electron chi connectivity index (χ0n) is 11.1. The number of carbonyl (C=O) groups excluding carboxylic acids is 1. The number of carbonyl (C=O) groups is 1. The van der Waals surface area contributed by atoms with E-state index in [1.165, 1.54) is 12.3 Å². The third-order valence-electron chi connectivity index (χ3n) is 2.62. The van der Waals surface area contributed by atoms with Gasteiger partial charge in [0.15, 0.2) is 0 Å². The van der Waals surface area contributed by atoms with Crippen LogP contribution in [-0.2, 0) is 16.6 Å². The first-order valence-electron chi connectivity index (χ1n) is 5.97. The maximum Gasteiger partial charge on any atom is 0.274 e. The predicted octanol–water partition coefficient (Wildman–Crippen LogP) is 3.52. The third kappa shape index (κ3) is 4.52. The molecule has 21 heavy (non-hydrogen) atoms. The van der Waals surface area contributed by atoms with Crippen molar-refractivity contribution in [3.63, 3.8) is 0 Å². The molecule has 1 atom stereocenters. The van der Waals surface area contributed by atoms with Crippen LogP contribution in [0.5, 0.6) is 0 Å². The van der Waals surface area contributed by atoms with Crippen molar-refractivity contribution in [3.8, 4) is 0 Å². The van der Waals surface area contributed by atoms with Gasteiger partial charge in [0.05, 0.1) is 0 Å². The van der Waals surface area contributed by atoms with Crippen LogP contribution in [0.1, 0.15) is 16.1 Å². The predicted molar refractivity (Wildman–Crippen MR) is 86.4 cm³/mol. The zero-order chi connectivity index (χ0) is 15.4. The lowest BCUT2D eigenvalue weighted by atomic mass is 10.2. The molecule has 0 bridgehead atoms. The van der Waals surface area contributed by atoms with Gasteiger partial charge < -0.3 is 5.32 Å². The lowest BCUT2D eigenvalue weighted by molar-refractivity contribution is 0.102. The summed E-state index contributed by atoms with van der Waals surface area (Å²) in [5, 5.41) is 3.66. The largest absolute Gasteiger partial charge is 0.321 e. The Kier molecular flexibility index (Phi) is 5.33. The molecule has 1 N–H and O–H groups in total. The molecule has 1 amide bonds. The Morgan fingerprint density at radius 2 is 2.05 bits per heavy atom. The molecule has 0 radical (unpaired) electrons. The molecule has 7 heteroatoms. The molecule has 0 fully saturated rings. The molecule has 1 aromatic heterocycles. The van der Waals surface area contributed by atoms with Gasteiger partial charge >= 0.3 is 0 Å². The van der Waals surface area contributed by atoms with E-state index in [1.54, 1.807) is 30.5 Å². The number of aromatic nitrogens is 1. The van der Waals surface area contributed by atoms with Crippen LogP contribution in [0.25, 0.3) is 0 Å². The molecule has 0 aliphatic carbocycles. The molecule has 1 aromatic carbocycles. The summed E-state index contributed by atoms with van der Waals surface area (Å²) in [6, 6.07) is 8.11. The van der Waals surface area contributed by atoms with E-state index in [0.717, 1.165) is 0 Å². The van der Waals surface area contributed by atoms with Gasteiger partial charge in [-0.2, -0.15) is 0 Å². The monoisotopic (exact) mass is 342 g/mol. The van der Waals surface area contributed by atoms with Crippen molar-refractivity contribution < 1.29 is 9.00 Å². The van der Waals surface area contributed by atoms with E-state index >= 15 is 0 Å². The van der Waals surface area contributed by atoms with E-state index in [-0.39, 0.29) is 11.6 Å². The van der Waals surface area contributed by atoms with Crippen molar-refractivity contribution in [2.45, 2.75) is 5.75 Å². The van der Waals surface area contributed by atoms with E-state index in [1.807, 2.05) is 0 Å². The highest BCUT2D eigenvalue weighted by molar-refractivity contribution is 7.83. The maximum atomic E-state index is 12.1. The first-order chi connectivity index (χ1) is 9.95. The number of rotatable bonds is 4. The summed E-state index contributed by atoms with van der Waals surface area (Å²) >= 11 is 11.9. The molecule has 0 saturated heterocycles. The minimum absolute atomic E-state index is 0.220. The fraction of sp³-hybridized carbons (Fsp3) is 0.143. The molecule has 0 unspecified atom stereocenters. The molecule has 4 nitrogen and oxygen atoms in total. The number of hydrogen-bond acceptors (Lipinski definition) is 3. The Bertz CT molecular complexity index is 707. The maximum absolute atomic E-state index is 12.1. The normalized spacial score (nSPS) is 12.0. The van der Waals surface area contributed by atoms with E-state index in [2.05, 4.69) is 10.3 Å². The molecule has 110 valence electrons. The van der Waals surface area contributed by atoms with Crippen LogP contribution in [-0.4, -0.2) is 21.4 Å². The smallest absolute Gasteiger partial charge is 0.274 e. The first-order valence-corrected chi connectivity index (χ1v) is 8.45. The van der Waals surface area contributed by atoms with Gasteiger partial charge in [0.2, 0.25) is 0 Å². The number of nitrogens with one attached hydrogen (secondary N) is 1. The average Bonchev–Trinajstić information content (AvgIpc) is 2.42. The van der Waals surface area contributed by atoms with Gasteiger partial charge in [-0.1, -0.05) is 23.2 Å². The van der Waals surface area contributed by atoms with Gasteiger partial charge in [0.25, 0.3) is 5.91 Å². The summed E-state index contributed by atoms with van der Waals surface area (Å²) in [4.78, 5) is 16.0. The topological polar surface area (TPSA) is 59.1 Å². The van der Waals surface area contributed by atoms with E-state index in [4.69, 9.17) is 23.2 Å². The molecule has 2 rings (SSSR count). The minimum Gasteiger partial charge on any atom is -0.321 e. The Hall–Kier alpha value is -1.43. The number of hydrogen-bond donors (Lipinski definition) is 1. The van der Waals surface area contributed by atoms with Crippen LogP contribution in [0, 0.1) is 0 Å². The van der Waals surface area contributed by atoms with Crippen molar-refractivity contribution in [1.29, 1.82) is 0 Å². The van der Waals surface area contributed by atoms with Crippen LogP contribution in [0.3, 0.4) is 0 Å². The van der Waals surface area contributed by atoms with E-state index in [0.29, 0.717) is 27.0 Å². The number of anilines is 1. The van der Waals surface area contributed by atoms with Gasteiger partial charge in [-0.3, -0.25) is 14.0 Å². The second-order valence-electron chi connectivity index (χ2n) is 4.34. The number of nitrogens with zero attached hydrogens (tertiary/aromatic N) is 1. The van der Waals surface area contributed by atoms with Crippen LogP contribution in [0.4, 0.5) is 5.69 Å². The molecular weight excluding hydrogens is 331 g/mol. The van der Waals surface area contributed by atoms with Gasteiger partial charge in [-0.25, -0.2) is 0 Å². The molecule has 2 aromatic rings. The van der Waals surface area contributed by atoms with E-state index < -0.39 is 10.8 Å². The van der Waals surface area contributed by atoms with Crippen molar-refractivity contribution in [3.05, 3.63) is 57.8 Å². The summed E-state index contributed by atoms with van der Waals surface area (Å²) in [6.45, 7) is 0. The number of amides is 1. The highest BCUT2D eigenvalue weighted by Gasteiger charge is 2.10. The lowest BCUT2D eigenvalue weighted by Crippen LogP contribution is -2.13. The third-order valence-corrected chi connectivity index (χ3v) is 3.94. The SMILES string of the molecule is C[S@@](=O)Cc1cc(NC(=O)c2cc(Cl)ccn2)ccc1Cl. The summed E-state index contributed by atoms with van der Waals surface area (Å²) in [7, 11) is -1.01. The highest BCUT2D eigenvalue weighted by Crippen LogP contribution is 2.22. The van der Waals surface area contributed by atoms with Crippen LogP contribution < -0.4 is 5.32 Å². The van der Waals surface area contributed by atoms with Crippen LogP contribution in [0.15, 0.2) is 36.5 Å². The van der Waals surface area contributed by atoms with Crippen molar-refractivity contribution >= 4 is 45.6 Å². The Labute approximate surface area is 134 Å². The summed E-state index contributed by atoms with van der Waals surface area (Å²) in [6.07, 6.45) is 3.06. The van der Waals surface area contributed by atoms with Crippen molar-refractivity contribution in [2.24, 2.45) is 0 Å². The molecule has 0 saturated carbocycles. The Morgan fingerprint density at radius 1 is 1.29 bits per heavy atom.